The Morgan fingerprint density at radius 1 is 1.33 bits per heavy atom. The molecule has 0 aliphatic rings. The number of carbonyl (C=O) groups is 1. The molecule has 0 bridgehead atoms. The van der Waals surface area contributed by atoms with Gasteiger partial charge in [-0.2, -0.15) is 0 Å². The average molecular weight is 324 g/mol. The molecule has 0 aliphatic heterocycles. The minimum atomic E-state index is -0.230. The molecule has 6 heteroatoms. The van der Waals surface area contributed by atoms with Gasteiger partial charge >= 0.3 is 6.03 Å². The maximum Gasteiger partial charge on any atom is 0.320 e. The zero-order chi connectivity index (χ0) is 17.5. The quantitative estimate of drug-likeness (QED) is 0.860. The van der Waals surface area contributed by atoms with Crippen LogP contribution in [0.3, 0.4) is 0 Å². The van der Waals surface area contributed by atoms with Crippen LogP contribution in [0, 0.1) is 0 Å². The number of hydrogen-bond acceptors (Lipinski definition) is 4. The van der Waals surface area contributed by atoms with Crippen LogP contribution in [0.1, 0.15) is 5.56 Å². The molecule has 1 heterocycles. The molecule has 0 aliphatic carbocycles. The molecule has 0 radical (unpaired) electrons. The highest BCUT2D eigenvalue weighted by molar-refractivity contribution is 5.79. The van der Waals surface area contributed by atoms with E-state index in [0.717, 1.165) is 16.7 Å². The van der Waals surface area contributed by atoms with E-state index < -0.39 is 0 Å². The van der Waals surface area contributed by atoms with E-state index >= 15 is 0 Å². The molecule has 0 saturated heterocycles. The number of aromatic nitrogens is 1. The van der Waals surface area contributed by atoms with Crippen LogP contribution in [0.4, 0.5) is 4.79 Å². The average Bonchev–Trinajstić information content (AvgIpc) is 2.65. The highest BCUT2D eigenvalue weighted by Crippen LogP contribution is 2.25. The smallest absolute Gasteiger partial charge is 0.320 e. The van der Waals surface area contributed by atoms with Crippen LogP contribution < -0.4 is 10.1 Å². The lowest BCUT2D eigenvalue weighted by molar-refractivity contribution is 0.224. The number of urea groups is 1. The third-order valence-electron chi connectivity index (χ3n) is 3.46. The first kappa shape index (κ1) is 17.2. The molecule has 0 saturated carbocycles. The molecule has 2 amide bonds. The Morgan fingerprint density at radius 2 is 2.12 bits per heavy atom. The third kappa shape index (κ3) is 3.98. The highest BCUT2D eigenvalue weighted by Gasteiger charge is 2.08. The summed E-state index contributed by atoms with van der Waals surface area (Å²) in [5.74, 6) is 0.565. The highest BCUT2D eigenvalue weighted by atomic mass is 16.5. The molecule has 1 aromatic heterocycles. The number of pyridine rings is 1. The third-order valence-corrected chi connectivity index (χ3v) is 3.46. The molecule has 6 nitrogen and oxygen atoms in total. The molecule has 0 unspecified atom stereocenters. The Kier molecular flexibility index (Phi) is 5.68. The number of hydrogen-bond donors (Lipinski definition) is 1. The molecule has 0 fully saturated rings. The van der Waals surface area contributed by atoms with Crippen molar-refractivity contribution in [3.8, 4) is 17.0 Å². The number of rotatable bonds is 5. The summed E-state index contributed by atoms with van der Waals surface area (Å²) in [7, 11) is 4.81. The van der Waals surface area contributed by atoms with Gasteiger partial charge in [0.15, 0.2) is 0 Å². The SMILES string of the molecule is C=N/C(=C\N(C)C(=O)NC)c1cccc(-c2ccc(OC)nc2)c1. The van der Waals surface area contributed by atoms with Crippen LogP contribution in [-0.4, -0.2) is 43.8 Å². The van der Waals surface area contributed by atoms with Crippen molar-refractivity contribution in [2.45, 2.75) is 0 Å². The minimum absolute atomic E-state index is 0.230. The zero-order valence-corrected chi connectivity index (χ0v) is 14.0. The number of ether oxygens (including phenoxy) is 1. The van der Waals surface area contributed by atoms with Crippen molar-refractivity contribution in [3.63, 3.8) is 0 Å². The number of carbonyl (C=O) groups excluding carboxylic acids is 1. The predicted octanol–water partition coefficient (Wildman–Crippen LogP) is 3.03. The number of benzene rings is 1. The standard InChI is InChI=1S/C18H20N4O2/c1-19-16(12-22(3)18(23)20-2)14-7-5-6-13(10-14)15-8-9-17(24-4)21-11-15/h5-12H,1H2,2-4H3,(H,20,23)/b16-12-. The second kappa shape index (κ2) is 7.92. The first-order chi connectivity index (χ1) is 11.6. The Morgan fingerprint density at radius 3 is 2.71 bits per heavy atom. The van der Waals surface area contributed by atoms with Gasteiger partial charge in [0.1, 0.15) is 0 Å². The summed E-state index contributed by atoms with van der Waals surface area (Å²) in [6.45, 7) is 3.60. The van der Waals surface area contributed by atoms with Gasteiger partial charge in [0, 0.05) is 43.7 Å². The fraction of sp³-hybridized carbons (Fsp3) is 0.167. The van der Waals surface area contributed by atoms with Crippen molar-refractivity contribution in [1.29, 1.82) is 0 Å². The fourth-order valence-corrected chi connectivity index (χ4v) is 2.15. The van der Waals surface area contributed by atoms with Gasteiger partial charge in [-0.25, -0.2) is 9.78 Å². The lowest BCUT2D eigenvalue weighted by atomic mass is 10.0. The molecule has 1 aromatic carbocycles. The first-order valence-corrected chi connectivity index (χ1v) is 7.33. The summed E-state index contributed by atoms with van der Waals surface area (Å²) in [5.41, 5.74) is 3.40. The molecule has 24 heavy (non-hydrogen) atoms. The van der Waals surface area contributed by atoms with Crippen LogP contribution in [0.2, 0.25) is 0 Å². The number of nitrogens with zero attached hydrogens (tertiary/aromatic N) is 3. The summed E-state index contributed by atoms with van der Waals surface area (Å²) in [6.07, 6.45) is 3.39. The monoisotopic (exact) mass is 324 g/mol. The predicted molar refractivity (Wildman–Crippen MR) is 96.0 cm³/mol. The molecular formula is C18H20N4O2. The summed E-state index contributed by atoms with van der Waals surface area (Å²) in [5, 5.41) is 2.55. The summed E-state index contributed by atoms with van der Waals surface area (Å²) < 4.78 is 5.07. The topological polar surface area (TPSA) is 66.8 Å². The van der Waals surface area contributed by atoms with E-state index in [9.17, 15) is 4.79 Å². The van der Waals surface area contributed by atoms with Crippen LogP contribution in [0.15, 0.2) is 53.8 Å². The molecule has 1 N–H and O–H groups in total. The lowest BCUT2D eigenvalue weighted by Gasteiger charge is -2.13. The first-order valence-electron chi connectivity index (χ1n) is 7.33. The molecule has 2 aromatic rings. The Bertz CT molecular complexity index is 754. The van der Waals surface area contributed by atoms with Crippen LogP contribution in [0.5, 0.6) is 5.88 Å². The summed E-state index contributed by atoms with van der Waals surface area (Å²) in [6, 6.07) is 11.3. The minimum Gasteiger partial charge on any atom is -0.481 e. The summed E-state index contributed by atoms with van der Waals surface area (Å²) in [4.78, 5) is 21.3. The Hall–Kier alpha value is -3.15. The van der Waals surface area contributed by atoms with Crippen LogP contribution in [-0.2, 0) is 0 Å². The van der Waals surface area contributed by atoms with E-state index in [1.165, 1.54) is 4.90 Å². The molecule has 124 valence electrons. The van der Waals surface area contributed by atoms with Gasteiger partial charge in [-0.3, -0.25) is 4.99 Å². The van der Waals surface area contributed by atoms with Crippen molar-refractivity contribution in [1.82, 2.24) is 15.2 Å². The normalized spacial score (nSPS) is 10.9. The van der Waals surface area contributed by atoms with Gasteiger partial charge in [-0.05, 0) is 24.4 Å². The van der Waals surface area contributed by atoms with E-state index in [-0.39, 0.29) is 6.03 Å². The Labute approximate surface area is 141 Å². The van der Waals surface area contributed by atoms with E-state index in [4.69, 9.17) is 4.74 Å². The van der Waals surface area contributed by atoms with E-state index in [1.54, 1.807) is 33.6 Å². The van der Waals surface area contributed by atoms with Crippen molar-refractivity contribution in [3.05, 3.63) is 54.4 Å². The van der Waals surface area contributed by atoms with E-state index in [2.05, 4.69) is 22.0 Å². The number of nitrogens with one attached hydrogen (secondary N) is 1. The van der Waals surface area contributed by atoms with Gasteiger partial charge < -0.3 is 15.0 Å². The van der Waals surface area contributed by atoms with Crippen molar-refractivity contribution < 1.29 is 9.53 Å². The molecule has 0 spiro atoms. The molecule has 0 atom stereocenters. The molecule has 2 rings (SSSR count). The second-order valence-electron chi connectivity index (χ2n) is 5.01. The van der Waals surface area contributed by atoms with Crippen molar-refractivity contribution in [2.75, 3.05) is 21.2 Å². The largest absolute Gasteiger partial charge is 0.481 e. The number of methoxy groups -OCH3 is 1. The van der Waals surface area contributed by atoms with Crippen molar-refractivity contribution in [2.24, 2.45) is 4.99 Å². The maximum absolute atomic E-state index is 11.6. The Balaban J connectivity index is 2.35. The summed E-state index contributed by atoms with van der Waals surface area (Å²) >= 11 is 0. The van der Waals surface area contributed by atoms with Crippen molar-refractivity contribution >= 4 is 18.4 Å². The maximum atomic E-state index is 11.6. The van der Waals surface area contributed by atoms with Gasteiger partial charge in [0.25, 0.3) is 0 Å². The fourth-order valence-electron chi connectivity index (χ4n) is 2.15. The molecular weight excluding hydrogens is 304 g/mol. The van der Waals surface area contributed by atoms with Crippen LogP contribution in [0.25, 0.3) is 16.8 Å². The van der Waals surface area contributed by atoms with E-state index in [0.29, 0.717) is 11.6 Å². The number of amides is 2. The van der Waals surface area contributed by atoms with Gasteiger partial charge in [-0.1, -0.05) is 18.2 Å². The lowest BCUT2D eigenvalue weighted by Crippen LogP contribution is -2.31. The zero-order valence-electron chi connectivity index (χ0n) is 14.0. The number of aliphatic imine (C=N–C) groups is 1. The van der Waals surface area contributed by atoms with Gasteiger partial charge in [0.05, 0.1) is 12.8 Å². The second-order valence-corrected chi connectivity index (χ2v) is 5.01. The van der Waals surface area contributed by atoms with E-state index in [1.807, 2.05) is 36.4 Å². The van der Waals surface area contributed by atoms with Gasteiger partial charge in [-0.15, -0.1) is 0 Å². The van der Waals surface area contributed by atoms with Crippen LogP contribution >= 0.6 is 0 Å². The van der Waals surface area contributed by atoms with Gasteiger partial charge in [0.2, 0.25) is 5.88 Å².